The third-order valence-electron chi connectivity index (χ3n) is 14.5. The van der Waals surface area contributed by atoms with E-state index in [0.29, 0.717) is 30.6 Å². The highest BCUT2D eigenvalue weighted by atomic mass is 32.2. The number of primary amides is 2. The second-order valence-corrected chi connectivity index (χ2v) is 22.5. The predicted molar refractivity (Wildman–Crippen MR) is 305 cm³/mol. The zero-order valence-corrected chi connectivity index (χ0v) is 48.4. The van der Waals surface area contributed by atoms with Gasteiger partial charge in [-0.2, -0.15) is 11.8 Å². The Bertz CT molecular complexity index is 2560. The number of benzene rings is 1. The number of carbonyl (C=O) groups excluding carboxylic acids is 11. The van der Waals surface area contributed by atoms with Crippen LogP contribution in [-0.4, -0.2) is 212 Å². The number of nitrogens with one attached hydrogen (secondary N) is 6. The number of aromatic hydroxyl groups is 1. The van der Waals surface area contributed by atoms with E-state index < -0.39 is 144 Å². The fraction of sp³-hybridized carbons (Fsp3) is 0.642. The molecular weight excluding hydrogens is 1120 g/mol. The van der Waals surface area contributed by atoms with Crippen molar-refractivity contribution in [3.63, 3.8) is 0 Å². The van der Waals surface area contributed by atoms with Gasteiger partial charge in [0.25, 0.3) is 0 Å². The van der Waals surface area contributed by atoms with Crippen LogP contribution in [0.1, 0.15) is 103 Å². The lowest BCUT2D eigenvalue weighted by molar-refractivity contribution is -0.144. The monoisotopic (exact) mass is 1200 g/mol. The predicted octanol–water partition coefficient (Wildman–Crippen LogP) is -4.79. The van der Waals surface area contributed by atoms with E-state index in [-0.39, 0.29) is 108 Å². The Hall–Kier alpha value is -7.80. The number of carbonyl (C=O) groups is 12. The Kier molecular flexibility index (Phi) is 27.4. The summed E-state index contributed by atoms with van der Waals surface area (Å²) in [5.74, 6) is -10.6. The number of nitrogens with two attached hydrogens (primary N) is 5. The summed E-state index contributed by atoms with van der Waals surface area (Å²) in [5.41, 5.74) is 28.5. The van der Waals surface area contributed by atoms with Crippen molar-refractivity contribution in [3.05, 3.63) is 29.8 Å². The zero-order valence-electron chi connectivity index (χ0n) is 47.6. The van der Waals surface area contributed by atoms with Gasteiger partial charge < -0.3 is 90.6 Å². The lowest BCUT2D eigenvalue weighted by Crippen LogP contribution is -2.61. The molecular formula is C53H83N15O15S. The molecule has 466 valence electrons. The summed E-state index contributed by atoms with van der Waals surface area (Å²) in [5, 5.41) is 45.1. The molecule has 30 nitrogen and oxygen atoms in total. The third kappa shape index (κ3) is 20.8. The molecule has 31 heteroatoms. The van der Waals surface area contributed by atoms with Gasteiger partial charge in [0.15, 0.2) is 5.96 Å². The summed E-state index contributed by atoms with van der Waals surface area (Å²) in [6, 6.07) is -7.73. The highest BCUT2D eigenvalue weighted by Crippen LogP contribution is 2.24. The molecule has 0 radical (unpaired) electrons. The summed E-state index contributed by atoms with van der Waals surface area (Å²) in [6.45, 7) is 2.77. The number of aliphatic imine (C=N–C) groups is 1. The quantitative estimate of drug-likeness (QED) is 0.0178. The summed E-state index contributed by atoms with van der Waals surface area (Å²) < 4.78 is 0. The molecule has 3 heterocycles. The van der Waals surface area contributed by atoms with Gasteiger partial charge in [0.05, 0.1) is 19.1 Å². The number of guanidine groups is 1. The van der Waals surface area contributed by atoms with Crippen LogP contribution in [0.4, 0.5) is 0 Å². The highest BCUT2D eigenvalue weighted by molar-refractivity contribution is 7.98. The van der Waals surface area contributed by atoms with Gasteiger partial charge in [-0.05, 0) is 106 Å². The maximum Gasteiger partial charge on any atom is 0.326 e. The number of aliphatic hydroxyl groups is 1. The average Bonchev–Trinajstić information content (AvgIpc) is 3.69. The molecule has 4 rings (SSSR count). The summed E-state index contributed by atoms with van der Waals surface area (Å²) >= 11 is 1.51. The number of aliphatic carboxylic acids is 1. The largest absolute Gasteiger partial charge is 0.508 e. The van der Waals surface area contributed by atoms with Gasteiger partial charge in [-0.1, -0.05) is 26.0 Å². The number of amides is 11. The molecule has 0 spiro atoms. The van der Waals surface area contributed by atoms with E-state index in [1.165, 1.54) is 45.8 Å². The van der Waals surface area contributed by atoms with Crippen LogP contribution in [0.15, 0.2) is 29.3 Å². The second-order valence-electron chi connectivity index (χ2n) is 21.5. The lowest BCUT2D eigenvalue weighted by Gasteiger charge is -2.32. The molecule has 3 aliphatic heterocycles. The number of hydrogen-bond acceptors (Lipinski definition) is 17. The number of carboxylic acid groups (broad SMARTS) is 1. The van der Waals surface area contributed by atoms with Gasteiger partial charge in [0, 0.05) is 39.0 Å². The van der Waals surface area contributed by atoms with Crippen LogP contribution in [0.2, 0.25) is 0 Å². The number of phenols is 1. The van der Waals surface area contributed by atoms with Crippen molar-refractivity contribution in [3.8, 4) is 5.75 Å². The Morgan fingerprint density at radius 3 is 1.58 bits per heavy atom. The molecule has 0 unspecified atom stereocenters. The topological polar surface area (TPSA) is 490 Å². The van der Waals surface area contributed by atoms with Crippen molar-refractivity contribution < 1.29 is 72.9 Å². The van der Waals surface area contributed by atoms with Crippen molar-refractivity contribution in [2.24, 2.45) is 39.6 Å². The number of thioether (sulfide) groups is 1. The molecule has 10 atom stereocenters. The average molecular weight is 1200 g/mol. The fourth-order valence-electron chi connectivity index (χ4n) is 10.2. The molecule has 3 fully saturated rings. The minimum absolute atomic E-state index is 0.00641. The molecule has 0 saturated carbocycles. The lowest BCUT2D eigenvalue weighted by atomic mass is 10.0. The number of likely N-dealkylation sites (tertiary alicyclic amines) is 3. The van der Waals surface area contributed by atoms with Gasteiger partial charge in [0.2, 0.25) is 65.0 Å². The summed E-state index contributed by atoms with van der Waals surface area (Å²) in [6.07, 6.45) is 2.27. The standard InChI is InChI=1S/C53H83N15O15S/c1-28(2)24-35(51(81)68-22-7-10-39(68)46(76)60-32(8-4-19-59-53(57)58)43(73)64-36(52(82)83)25-29-12-14-30(70)15-13-29)63-44(74)34(26-42(56)72)62-45(75)37(27-69)65-48(78)40-11-6-21-67(40)50(80)33(16-17-41(55)71)61-47(77)38-9-5-20-66(38)49(79)31(54)18-23-84-3/h12-15,28,31-40,69-70H,4-11,16-27,54H2,1-3H3,(H2,55,71)(H2,56,72)(H,60,76)(H,61,77)(H,62,75)(H,63,74)(H,64,73)(H,65,78)(H,82,83)(H4,57,58,59)/t31-,32-,33-,34-,35-,36-,37-,38-,39-,40-/m0/s1. The van der Waals surface area contributed by atoms with Crippen LogP contribution in [0, 0.1) is 5.92 Å². The van der Waals surface area contributed by atoms with E-state index in [4.69, 9.17) is 28.7 Å². The SMILES string of the molecule is CSCC[C@H](N)C(=O)N1CCC[C@H]1C(=O)N[C@@H](CCC(N)=O)C(=O)N1CCC[C@H]1C(=O)N[C@@H](CO)C(=O)N[C@@H](CC(N)=O)C(=O)N[C@@H](CC(C)C)C(=O)N1CCC[C@H]1C(=O)N[C@@H](CCCN=C(N)N)C(=O)N[C@@H](Cc1ccc(O)cc1)C(=O)O. The summed E-state index contributed by atoms with van der Waals surface area (Å²) in [7, 11) is 0. The van der Waals surface area contributed by atoms with Crippen LogP contribution in [0.3, 0.4) is 0 Å². The van der Waals surface area contributed by atoms with Crippen LogP contribution in [-0.2, 0) is 64.0 Å². The van der Waals surface area contributed by atoms with E-state index in [0.717, 1.165) is 4.90 Å². The Morgan fingerprint density at radius 2 is 1.10 bits per heavy atom. The molecule has 0 aliphatic carbocycles. The van der Waals surface area contributed by atoms with Crippen molar-refractivity contribution in [1.82, 2.24) is 46.6 Å². The molecule has 1 aromatic carbocycles. The first-order valence-electron chi connectivity index (χ1n) is 28.0. The number of nitrogens with zero attached hydrogens (tertiary/aromatic N) is 4. The molecule has 0 aromatic heterocycles. The van der Waals surface area contributed by atoms with E-state index in [1.54, 1.807) is 13.8 Å². The number of phenolic OH excluding ortho intramolecular Hbond substituents is 1. The normalized spacial score (nSPS) is 19.1. The van der Waals surface area contributed by atoms with E-state index in [9.17, 15) is 72.9 Å². The molecule has 3 saturated heterocycles. The molecule has 1 aromatic rings. The van der Waals surface area contributed by atoms with Crippen LogP contribution >= 0.6 is 11.8 Å². The number of rotatable bonds is 33. The number of aliphatic hydroxyl groups excluding tert-OH is 1. The third-order valence-corrected chi connectivity index (χ3v) is 15.1. The maximum atomic E-state index is 14.5. The van der Waals surface area contributed by atoms with Crippen molar-refractivity contribution in [2.75, 3.05) is 44.8 Å². The summed E-state index contributed by atoms with van der Waals surface area (Å²) in [4.78, 5) is 170. The molecule has 11 amide bonds. The fourth-order valence-corrected chi connectivity index (χ4v) is 10.7. The number of carboxylic acids is 1. The van der Waals surface area contributed by atoms with Crippen molar-refractivity contribution in [2.45, 2.75) is 164 Å². The minimum atomic E-state index is -1.79. The molecule has 3 aliphatic rings. The molecule has 19 N–H and O–H groups in total. The van der Waals surface area contributed by atoms with Crippen molar-refractivity contribution >= 4 is 88.7 Å². The highest BCUT2D eigenvalue weighted by Gasteiger charge is 2.44. The Morgan fingerprint density at radius 1 is 0.619 bits per heavy atom. The van der Waals surface area contributed by atoms with Gasteiger partial charge in [0.1, 0.15) is 60.1 Å². The first-order valence-corrected chi connectivity index (χ1v) is 29.4. The van der Waals surface area contributed by atoms with Gasteiger partial charge >= 0.3 is 5.97 Å². The first-order chi connectivity index (χ1) is 39.8. The van der Waals surface area contributed by atoms with Crippen molar-refractivity contribution in [1.29, 1.82) is 0 Å². The van der Waals surface area contributed by atoms with Crippen LogP contribution in [0.5, 0.6) is 5.75 Å². The smallest absolute Gasteiger partial charge is 0.326 e. The van der Waals surface area contributed by atoms with E-state index in [1.807, 2.05) is 6.26 Å². The second kappa shape index (κ2) is 33.5. The van der Waals surface area contributed by atoms with Crippen LogP contribution in [0.25, 0.3) is 0 Å². The zero-order chi connectivity index (χ0) is 62.4. The maximum absolute atomic E-state index is 14.5. The Labute approximate surface area is 490 Å². The Balaban J connectivity index is 1.47. The van der Waals surface area contributed by atoms with Gasteiger partial charge in [-0.3, -0.25) is 57.7 Å². The molecule has 0 bridgehead atoms. The molecule has 84 heavy (non-hydrogen) atoms. The van der Waals surface area contributed by atoms with Gasteiger partial charge in [-0.15, -0.1) is 0 Å². The van der Waals surface area contributed by atoms with Crippen LogP contribution < -0.4 is 60.6 Å². The van der Waals surface area contributed by atoms with E-state index in [2.05, 4.69) is 36.9 Å². The van der Waals surface area contributed by atoms with E-state index >= 15 is 0 Å². The number of hydrogen-bond donors (Lipinski definition) is 14. The minimum Gasteiger partial charge on any atom is -0.508 e. The van der Waals surface area contributed by atoms with Gasteiger partial charge in [-0.25, -0.2) is 4.79 Å². The first kappa shape index (κ1) is 68.7.